The second-order valence-corrected chi connectivity index (χ2v) is 6.15. The maximum Gasteiger partial charge on any atom is 0.342 e. The Labute approximate surface area is 168 Å². The molecule has 1 amide bonds. The number of esters is 1. The molecule has 0 aliphatic heterocycles. The van der Waals surface area contributed by atoms with Crippen LogP contribution in [0.5, 0.6) is 17.2 Å². The van der Waals surface area contributed by atoms with Crippen LogP contribution in [0.15, 0.2) is 36.4 Å². The summed E-state index contributed by atoms with van der Waals surface area (Å²) in [6.45, 7) is -0.0210. The Morgan fingerprint density at radius 3 is 2.29 bits per heavy atom. The molecule has 0 atom stereocenters. The lowest BCUT2D eigenvalue weighted by molar-refractivity contribution is -0.124. The third-order valence-corrected chi connectivity index (χ3v) is 4.13. The van der Waals surface area contributed by atoms with Crippen LogP contribution < -0.4 is 19.5 Å². The molecule has 2 aromatic rings. The Morgan fingerprint density at radius 2 is 1.61 bits per heavy atom. The van der Waals surface area contributed by atoms with Crippen LogP contribution in [0.1, 0.15) is 15.9 Å². The monoisotopic (exact) mass is 407 g/mol. The zero-order chi connectivity index (χ0) is 20.5. The van der Waals surface area contributed by atoms with Crippen LogP contribution in [0.4, 0.5) is 0 Å². The van der Waals surface area contributed by atoms with Gasteiger partial charge in [0, 0.05) is 11.6 Å². The number of benzene rings is 2. The Hall–Kier alpha value is -2.93. The van der Waals surface area contributed by atoms with Gasteiger partial charge in [0.05, 0.1) is 21.3 Å². The number of methoxy groups -OCH3 is 3. The molecule has 0 radical (unpaired) electrons. The van der Waals surface area contributed by atoms with Crippen molar-refractivity contribution in [1.29, 1.82) is 0 Å². The lowest BCUT2D eigenvalue weighted by atomic mass is 10.1. The average Bonchev–Trinajstić information content (AvgIpc) is 2.71. The normalized spacial score (nSPS) is 10.1. The van der Waals surface area contributed by atoms with E-state index < -0.39 is 18.5 Å². The van der Waals surface area contributed by atoms with Crippen molar-refractivity contribution in [1.82, 2.24) is 5.32 Å². The van der Waals surface area contributed by atoms with E-state index in [0.717, 1.165) is 5.56 Å². The number of halogens is 1. The Morgan fingerprint density at radius 1 is 0.929 bits per heavy atom. The molecule has 0 heterocycles. The van der Waals surface area contributed by atoms with Crippen LogP contribution in [-0.2, 0) is 16.0 Å². The molecule has 0 aliphatic carbocycles. The van der Waals surface area contributed by atoms with Gasteiger partial charge in [-0.25, -0.2) is 4.79 Å². The number of hydrogen-bond donors (Lipinski definition) is 1. The number of carbonyl (C=O) groups excluding carboxylic acids is 2. The van der Waals surface area contributed by atoms with Crippen LogP contribution in [0.25, 0.3) is 0 Å². The number of rotatable bonds is 9. The fraction of sp³-hybridized carbons (Fsp3) is 0.300. The number of ether oxygens (including phenoxy) is 4. The van der Waals surface area contributed by atoms with Gasteiger partial charge in [-0.1, -0.05) is 17.7 Å². The summed E-state index contributed by atoms with van der Waals surface area (Å²) in [5.74, 6) is 0.488. The highest BCUT2D eigenvalue weighted by Crippen LogP contribution is 2.27. The zero-order valence-electron chi connectivity index (χ0n) is 15.9. The largest absolute Gasteiger partial charge is 0.496 e. The first kappa shape index (κ1) is 21.4. The SMILES string of the molecule is COc1ccc(CCNC(=O)COC(=O)c2cc(Cl)ccc2OC)cc1OC. The van der Waals surface area contributed by atoms with Gasteiger partial charge in [-0.3, -0.25) is 4.79 Å². The molecule has 0 aliphatic rings. The van der Waals surface area contributed by atoms with Crippen molar-refractivity contribution in [3.63, 3.8) is 0 Å². The van der Waals surface area contributed by atoms with Crippen molar-refractivity contribution in [3.05, 3.63) is 52.5 Å². The summed E-state index contributed by atoms with van der Waals surface area (Å²) >= 11 is 5.89. The van der Waals surface area contributed by atoms with E-state index in [0.29, 0.717) is 35.2 Å². The van der Waals surface area contributed by atoms with Crippen LogP contribution in [0.2, 0.25) is 5.02 Å². The summed E-state index contributed by atoms with van der Waals surface area (Å²) in [7, 11) is 4.56. The average molecular weight is 408 g/mol. The zero-order valence-corrected chi connectivity index (χ0v) is 16.7. The van der Waals surface area contributed by atoms with Gasteiger partial charge in [-0.15, -0.1) is 0 Å². The Balaban J connectivity index is 1.82. The maximum absolute atomic E-state index is 12.1. The van der Waals surface area contributed by atoms with E-state index in [1.165, 1.54) is 13.2 Å². The maximum atomic E-state index is 12.1. The molecule has 8 heteroatoms. The smallest absolute Gasteiger partial charge is 0.342 e. The molecule has 2 aromatic carbocycles. The predicted octanol–water partition coefficient (Wildman–Crippen LogP) is 2.88. The highest BCUT2D eigenvalue weighted by atomic mass is 35.5. The van der Waals surface area contributed by atoms with Gasteiger partial charge in [0.25, 0.3) is 5.91 Å². The summed E-state index contributed by atoms with van der Waals surface area (Å²) in [5, 5.41) is 3.07. The predicted molar refractivity (Wildman–Crippen MR) is 105 cm³/mol. The van der Waals surface area contributed by atoms with Crippen LogP contribution >= 0.6 is 11.6 Å². The lowest BCUT2D eigenvalue weighted by Crippen LogP contribution is -2.30. The minimum atomic E-state index is -0.686. The molecule has 0 aromatic heterocycles. The highest BCUT2D eigenvalue weighted by molar-refractivity contribution is 6.31. The molecule has 0 spiro atoms. The molecular weight excluding hydrogens is 386 g/mol. The third-order valence-electron chi connectivity index (χ3n) is 3.90. The van der Waals surface area contributed by atoms with E-state index in [2.05, 4.69) is 5.32 Å². The molecule has 0 saturated carbocycles. The number of amides is 1. The van der Waals surface area contributed by atoms with Gasteiger partial charge in [-0.2, -0.15) is 0 Å². The molecule has 0 saturated heterocycles. The molecule has 28 heavy (non-hydrogen) atoms. The minimum absolute atomic E-state index is 0.160. The molecule has 1 N–H and O–H groups in total. The van der Waals surface area contributed by atoms with E-state index in [1.54, 1.807) is 32.4 Å². The van der Waals surface area contributed by atoms with Gasteiger partial charge < -0.3 is 24.3 Å². The van der Waals surface area contributed by atoms with Crippen molar-refractivity contribution in [2.75, 3.05) is 34.5 Å². The second kappa shape index (κ2) is 10.4. The van der Waals surface area contributed by atoms with Crippen LogP contribution in [0, 0.1) is 0 Å². The number of nitrogens with one attached hydrogen (secondary N) is 1. The van der Waals surface area contributed by atoms with E-state index in [-0.39, 0.29) is 5.56 Å². The molecular formula is C20H22ClNO6. The number of hydrogen-bond acceptors (Lipinski definition) is 6. The van der Waals surface area contributed by atoms with Crippen molar-refractivity contribution in [3.8, 4) is 17.2 Å². The van der Waals surface area contributed by atoms with Gasteiger partial charge in [0.15, 0.2) is 18.1 Å². The van der Waals surface area contributed by atoms with Crippen molar-refractivity contribution in [2.24, 2.45) is 0 Å². The fourth-order valence-electron chi connectivity index (χ4n) is 2.48. The molecule has 2 rings (SSSR count). The van der Waals surface area contributed by atoms with E-state index in [9.17, 15) is 9.59 Å². The van der Waals surface area contributed by atoms with Gasteiger partial charge in [0.1, 0.15) is 11.3 Å². The quantitative estimate of drug-likeness (QED) is 0.643. The minimum Gasteiger partial charge on any atom is -0.496 e. The van der Waals surface area contributed by atoms with E-state index >= 15 is 0 Å². The standard InChI is InChI=1S/C20H22ClNO6/c1-25-16-7-5-14(21)11-15(16)20(24)28-12-19(23)22-9-8-13-4-6-17(26-2)18(10-13)27-3/h4-7,10-11H,8-9,12H2,1-3H3,(H,22,23). The van der Waals surface area contributed by atoms with E-state index in [4.69, 9.17) is 30.5 Å². The summed E-state index contributed by atoms with van der Waals surface area (Å²) in [6, 6.07) is 10.1. The summed E-state index contributed by atoms with van der Waals surface area (Å²) < 4.78 is 20.6. The van der Waals surface area contributed by atoms with Crippen molar-refractivity contribution >= 4 is 23.5 Å². The lowest BCUT2D eigenvalue weighted by Gasteiger charge is -2.11. The number of carbonyl (C=O) groups is 2. The van der Waals surface area contributed by atoms with Gasteiger partial charge in [0.2, 0.25) is 0 Å². The first-order chi connectivity index (χ1) is 13.5. The van der Waals surface area contributed by atoms with Crippen LogP contribution in [-0.4, -0.2) is 46.4 Å². The molecule has 7 nitrogen and oxygen atoms in total. The Kier molecular flexibility index (Phi) is 7.95. The second-order valence-electron chi connectivity index (χ2n) is 5.71. The summed E-state index contributed by atoms with van der Waals surface area (Å²) in [5.41, 5.74) is 1.13. The van der Waals surface area contributed by atoms with Gasteiger partial charge >= 0.3 is 5.97 Å². The third kappa shape index (κ3) is 5.79. The Bertz CT molecular complexity index is 839. The first-order valence-electron chi connectivity index (χ1n) is 8.46. The van der Waals surface area contributed by atoms with E-state index in [1.807, 2.05) is 12.1 Å². The van der Waals surface area contributed by atoms with Crippen molar-refractivity contribution in [2.45, 2.75) is 6.42 Å². The van der Waals surface area contributed by atoms with Gasteiger partial charge in [-0.05, 0) is 42.3 Å². The van der Waals surface area contributed by atoms with Crippen molar-refractivity contribution < 1.29 is 28.5 Å². The molecule has 0 unspecified atom stereocenters. The first-order valence-corrected chi connectivity index (χ1v) is 8.84. The topological polar surface area (TPSA) is 83.1 Å². The molecule has 0 bridgehead atoms. The highest BCUT2D eigenvalue weighted by Gasteiger charge is 2.16. The fourth-order valence-corrected chi connectivity index (χ4v) is 2.65. The summed E-state index contributed by atoms with van der Waals surface area (Å²) in [4.78, 5) is 24.1. The van der Waals surface area contributed by atoms with Crippen LogP contribution in [0.3, 0.4) is 0 Å². The summed E-state index contributed by atoms with van der Waals surface area (Å²) in [6.07, 6.45) is 0.585. The molecule has 150 valence electrons. The molecule has 0 fully saturated rings.